The maximum Gasteiger partial charge on any atom is 0.315 e. The predicted molar refractivity (Wildman–Crippen MR) is 95.3 cm³/mol. The molecular weight excluding hydrogens is 326 g/mol. The van der Waals surface area contributed by atoms with Crippen LogP contribution in [0, 0.1) is 0 Å². The number of halogens is 1. The molecule has 24 heavy (non-hydrogen) atoms. The summed E-state index contributed by atoms with van der Waals surface area (Å²) in [4.78, 5) is 14.3. The highest BCUT2D eigenvalue weighted by atomic mass is 35.5. The molecule has 7 heteroatoms. The molecule has 1 aliphatic heterocycles. The van der Waals surface area contributed by atoms with Crippen LogP contribution in [-0.4, -0.2) is 34.9 Å². The van der Waals surface area contributed by atoms with Gasteiger partial charge in [-0.15, -0.1) is 0 Å². The first kappa shape index (κ1) is 16.6. The summed E-state index contributed by atoms with van der Waals surface area (Å²) in [5.41, 5.74) is 2.01. The Morgan fingerprint density at radius 2 is 2.25 bits per heavy atom. The standard InChI is InChI=1S/C17H22ClN5O/c1-22-11-13(10-20-22)9-19-17(24)21-14-5-4-8-23(12-14)16-7-3-2-6-15(16)18/h2-3,6-7,10-11,14H,4-5,8-9,12H2,1H3,(H2,19,21,24). The number of hydrogen-bond donors (Lipinski definition) is 2. The second-order valence-electron chi connectivity index (χ2n) is 6.09. The van der Waals surface area contributed by atoms with Crippen molar-refractivity contribution < 1.29 is 4.79 Å². The molecule has 0 radical (unpaired) electrons. The van der Waals surface area contributed by atoms with E-state index in [9.17, 15) is 4.79 Å². The highest BCUT2D eigenvalue weighted by Crippen LogP contribution is 2.27. The number of aryl methyl sites for hydroxylation is 1. The van der Waals surface area contributed by atoms with Gasteiger partial charge in [0.05, 0.1) is 16.9 Å². The molecule has 2 N–H and O–H groups in total. The summed E-state index contributed by atoms with van der Waals surface area (Å²) in [6.07, 6.45) is 5.64. The SMILES string of the molecule is Cn1cc(CNC(=O)NC2CCCN(c3ccccc3Cl)C2)cn1. The number of aromatic nitrogens is 2. The Hall–Kier alpha value is -2.21. The summed E-state index contributed by atoms with van der Waals surface area (Å²) in [5, 5.41) is 10.8. The van der Waals surface area contributed by atoms with Crippen molar-refractivity contribution in [2.45, 2.75) is 25.4 Å². The fraction of sp³-hybridized carbons (Fsp3) is 0.412. The zero-order valence-corrected chi connectivity index (χ0v) is 14.5. The molecular formula is C17H22ClN5O. The number of rotatable bonds is 4. The fourth-order valence-electron chi connectivity index (χ4n) is 3.00. The van der Waals surface area contributed by atoms with Crippen LogP contribution in [0.5, 0.6) is 0 Å². The molecule has 1 saturated heterocycles. The number of carbonyl (C=O) groups is 1. The third kappa shape index (κ3) is 4.20. The van der Waals surface area contributed by atoms with Gasteiger partial charge in [0, 0.05) is 44.5 Å². The summed E-state index contributed by atoms with van der Waals surface area (Å²) in [6.45, 7) is 2.20. The number of nitrogens with one attached hydrogen (secondary N) is 2. The highest BCUT2D eigenvalue weighted by molar-refractivity contribution is 6.33. The van der Waals surface area contributed by atoms with Crippen LogP contribution >= 0.6 is 11.6 Å². The van der Waals surface area contributed by atoms with Crippen molar-refractivity contribution in [3.63, 3.8) is 0 Å². The second kappa shape index (κ2) is 7.57. The molecule has 128 valence electrons. The topological polar surface area (TPSA) is 62.2 Å². The van der Waals surface area contributed by atoms with Gasteiger partial charge in [-0.05, 0) is 25.0 Å². The molecule has 0 spiro atoms. The third-order valence-corrected chi connectivity index (χ3v) is 4.48. The van der Waals surface area contributed by atoms with Crippen LogP contribution in [0.15, 0.2) is 36.7 Å². The van der Waals surface area contributed by atoms with Gasteiger partial charge in [0.15, 0.2) is 0 Å². The van der Waals surface area contributed by atoms with E-state index >= 15 is 0 Å². The Labute approximate surface area is 146 Å². The quantitative estimate of drug-likeness (QED) is 0.893. The van der Waals surface area contributed by atoms with Gasteiger partial charge in [-0.2, -0.15) is 5.10 Å². The average Bonchev–Trinajstić information content (AvgIpc) is 2.99. The van der Waals surface area contributed by atoms with Crippen LogP contribution in [0.2, 0.25) is 5.02 Å². The molecule has 0 bridgehead atoms. The van der Waals surface area contributed by atoms with E-state index < -0.39 is 0 Å². The van der Waals surface area contributed by atoms with Crippen molar-refractivity contribution in [3.05, 3.63) is 47.2 Å². The lowest BCUT2D eigenvalue weighted by molar-refractivity contribution is 0.234. The first-order valence-corrected chi connectivity index (χ1v) is 8.51. The summed E-state index contributed by atoms with van der Waals surface area (Å²) >= 11 is 6.28. The zero-order chi connectivity index (χ0) is 16.9. The van der Waals surface area contributed by atoms with Gasteiger partial charge >= 0.3 is 6.03 Å². The normalized spacial score (nSPS) is 17.6. The van der Waals surface area contributed by atoms with Gasteiger partial charge in [-0.3, -0.25) is 4.68 Å². The van der Waals surface area contributed by atoms with E-state index in [4.69, 9.17) is 11.6 Å². The predicted octanol–water partition coefficient (Wildman–Crippen LogP) is 2.54. The van der Waals surface area contributed by atoms with E-state index in [1.54, 1.807) is 10.9 Å². The van der Waals surface area contributed by atoms with Crippen LogP contribution in [0.4, 0.5) is 10.5 Å². The molecule has 1 aromatic carbocycles. The number of para-hydroxylation sites is 1. The Morgan fingerprint density at radius 3 is 3.00 bits per heavy atom. The molecule has 2 amide bonds. The molecule has 1 fully saturated rings. The summed E-state index contributed by atoms with van der Waals surface area (Å²) in [5.74, 6) is 0. The molecule has 1 atom stereocenters. The summed E-state index contributed by atoms with van der Waals surface area (Å²) in [6, 6.07) is 7.80. The second-order valence-corrected chi connectivity index (χ2v) is 6.49. The number of benzene rings is 1. The van der Waals surface area contributed by atoms with Crippen LogP contribution < -0.4 is 15.5 Å². The number of amides is 2. The van der Waals surface area contributed by atoms with Crippen LogP contribution in [0.1, 0.15) is 18.4 Å². The number of anilines is 1. The monoisotopic (exact) mass is 347 g/mol. The van der Waals surface area contributed by atoms with Crippen molar-refractivity contribution in [1.82, 2.24) is 20.4 Å². The van der Waals surface area contributed by atoms with Gasteiger partial charge in [-0.25, -0.2) is 4.79 Å². The third-order valence-electron chi connectivity index (χ3n) is 4.16. The van der Waals surface area contributed by atoms with Crippen molar-refractivity contribution in [2.24, 2.45) is 7.05 Å². The van der Waals surface area contributed by atoms with E-state index in [1.165, 1.54) is 0 Å². The van der Waals surface area contributed by atoms with Crippen molar-refractivity contribution in [2.75, 3.05) is 18.0 Å². The Balaban J connectivity index is 1.51. The Morgan fingerprint density at radius 1 is 1.42 bits per heavy atom. The van der Waals surface area contributed by atoms with E-state index in [0.29, 0.717) is 6.54 Å². The van der Waals surface area contributed by atoms with Crippen molar-refractivity contribution in [3.8, 4) is 0 Å². The molecule has 0 saturated carbocycles. The minimum Gasteiger partial charge on any atom is -0.368 e. The molecule has 1 aliphatic rings. The van der Waals surface area contributed by atoms with E-state index in [0.717, 1.165) is 42.2 Å². The van der Waals surface area contributed by atoms with Crippen LogP contribution in [0.25, 0.3) is 0 Å². The number of nitrogens with zero attached hydrogens (tertiary/aromatic N) is 3. The molecule has 0 aliphatic carbocycles. The first-order chi connectivity index (χ1) is 11.6. The fourth-order valence-corrected chi connectivity index (χ4v) is 3.26. The summed E-state index contributed by atoms with van der Waals surface area (Å²) in [7, 11) is 1.86. The van der Waals surface area contributed by atoms with Gasteiger partial charge in [0.25, 0.3) is 0 Å². The lowest BCUT2D eigenvalue weighted by Crippen LogP contribution is -2.50. The van der Waals surface area contributed by atoms with Gasteiger partial charge in [-0.1, -0.05) is 23.7 Å². The molecule has 2 heterocycles. The minimum atomic E-state index is -0.148. The van der Waals surface area contributed by atoms with E-state index in [1.807, 2.05) is 37.5 Å². The van der Waals surface area contributed by atoms with Crippen molar-refractivity contribution in [1.29, 1.82) is 0 Å². The largest absolute Gasteiger partial charge is 0.368 e. The Kier molecular flexibility index (Phi) is 5.25. The number of hydrogen-bond acceptors (Lipinski definition) is 3. The smallest absolute Gasteiger partial charge is 0.315 e. The van der Waals surface area contributed by atoms with Crippen molar-refractivity contribution >= 4 is 23.3 Å². The number of carbonyl (C=O) groups excluding carboxylic acids is 1. The zero-order valence-electron chi connectivity index (χ0n) is 13.7. The van der Waals surface area contributed by atoms with E-state index in [-0.39, 0.29) is 12.1 Å². The number of urea groups is 1. The van der Waals surface area contributed by atoms with Gasteiger partial charge < -0.3 is 15.5 Å². The highest BCUT2D eigenvalue weighted by Gasteiger charge is 2.22. The average molecular weight is 348 g/mol. The lowest BCUT2D eigenvalue weighted by atomic mass is 10.1. The van der Waals surface area contributed by atoms with Crippen LogP contribution in [0.3, 0.4) is 0 Å². The molecule has 3 rings (SSSR count). The van der Waals surface area contributed by atoms with Crippen LogP contribution in [-0.2, 0) is 13.6 Å². The molecule has 2 aromatic rings. The minimum absolute atomic E-state index is 0.115. The van der Waals surface area contributed by atoms with Gasteiger partial charge in [0.1, 0.15) is 0 Å². The summed E-state index contributed by atoms with van der Waals surface area (Å²) < 4.78 is 1.72. The lowest BCUT2D eigenvalue weighted by Gasteiger charge is -2.35. The first-order valence-electron chi connectivity index (χ1n) is 8.13. The number of piperidine rings is 1. The maximum absolute atomic E-state index is 12.1. The Bertz CT molecular complexity index is 702. The maximum atomic E-state index is 12.1. The molecule has 6 nitrogen and oxygen atoms in total. The van der Waals surface area contributed by atoms with E-state index in [2.05, 4.69) is 20.6 Å². The molecule has 1 unspecified atom stereocenters. The molecule has 1 aromatic heterocycles. The van der Waals surface area contributed by atoms with Gasteiger partial charge in [0.2, 0.25) is 0 Å².